The summed E-state index contributed by atoms with van der Waals surface area (Å²) < 4.78 is 5.08. The third-order valence-corrected chi connectivity index (χ3v) is 3.63. The summed E-state index contributed by atoms with van der Waals surface area (Å²) in [4.78, 5) is 0. The second-order valence-electron chi connectivity index (χ2n) is 5.04. The second-order valence-corrected chi connectivity index (χ2v) is 5.04. The zero-order chi connectivity index (χ0) is 14.9. The van der Waals surface area contributed by atoms with Crippen LogP contribution in [-0.2, 0) is 4.74 Å². The largest absolute Gasteiger partial charge is 0.395 e. The van der Waals surface area contributed by atoms with Crippen molar-refractivity contribution in [2.24, 2.45) is 0 Å². The van der Waals surface area contributed by atoms with E-state index < -0.39 is 0 Å². The molecule has 2 N–H and O–H groups in total. The smallest absolute Gasteiger partial charge is 0.0593 e. The Balaban J connectivity index is 2.27. The summed E-state index contributed by atoms with van der Waals surface area (Å²) in [5.74, 6) is 0.120. The Hall–Kier alpha value is -1.68. The van der Waals surface area contributed by atoms with Crippen molar-refractivity contribution < 1.29 is 9.84 Å². The third kappa shape index (κ3) is 4.39. The van der Waals surface area contributed by atoms with Crippen LogP contribution < -0.4 is 5.32 Å². The number of methoxy groups -OCH3 is 1. The maximum atomic E-state index is 9.82. The first-order valence-electron chi connectivity index (χ1n) is 7.30. The van der Waals surface area contributed by atoms with Gasteiger partial charge in [0, 0.05) is 25.6 Å². The predicted molar refractivity (Wildman–Crippen MR) is 85.5 cm³/mol. The highest BCUT2D eigenvalue weighted by Gasteiger charge is 2.23. The lowest BCUT2D eigenvalue weighted by Gasteiger charge is -2.27. The maximum absolute atomic E-state index is 9.82. The van der Waals surface area contributed by atoms with E-state index in [1.165, 1.54) is 11.1 Å². The first-order chi connectivity index (χ1) is 10.4. The van der Waals surface area contributed by atoms with Gasteiger partial charge in [-0.1, -0.05) is 60.7 Å². The first-order valence-corrected chi connectivity index (χ1v) is 7.30. The molecular formula is C18H23NO2. The summed E-state index contributed by atoms with van der Waals surface area (Å²) in [6.07, 6.45) is 0. The van der Waals surface area contributed by atoms with Crippen molar-refractivity contribution in [1.82, 2.24) is 5.32 Å². The quantitative estimate of drug-likeness (QED) is 0.732. The van der Waals surface area contributed by atoms with Gasteiger partial charge in [-0.2, -0.15) is 0 Å². The molecule has 0 amide bonds. The van der Waals surface area contributed by atoms with Crippen LogP contribution in [0.2, 0.25) is 0 Å². The molecule has 112 valence electrons. The minimum absolute atomic E-state index is 0.0371. The Kier molecular flexibility index (Phi) is 6.41. The van der Waals surface area contributed by atoms with Crippen molar-refractivity contribution in [2.75, 3.05) is 26.9 Å². The topological polar surface area (TPSA) is 41.5 Å². The van der Waals surface area contributed by atoms with E-state index in [1.807, 2.05) is 36.4 Å². The van der Waals surface area contributed by atoms with Crippen molar-refractivity contribution in [3.05, 3.63) is 71.8 Å². The maximum Gasteiger partial charge on any atom is 0.0593 e. The second kappa shape index (κ2) is 8.57. The molecule has 1 unspecified atom stereocenters. The number of hydrogen-bond donors (Lipinski definition) is 2. The molecule has 21 heavy (non-hydrogen) atoms. The van der Waals surface area contributed by atoms with Crippen LogP contribution in [0.5, 0.6) is 0 Å². The Labute approximate surface area is 126 Å². The molecule has 2 aromatic rings. The van der Waals surface area contributed by atoms with E-state index >= 15 is 0 Å². The van der Waals surface area contributed by atoms with Gasteiger partial charge in [0.15, 0.2) is 0 Å². The lowest BCUT2D eigenvalue weighted by molar-refractivity contribution is 0.180. The molecule has 0 spiro atoms. The lowest BCUT2D eigenvalue weighted by atomic mass is 9.85. The number of nitrogens with one attached hydrogen (secondary N) is 1. The van der Waals surface area contributed by atoms with Crippen LogP contribution in [0.4, 0.5) is 0 Å². The van der Waals surface area contributed by atoms with Crippen molar-refractivity contribution >= 4 is 0 Å². The van der Waals surface area contributed by atoms with Gasteiger partial charge in [0.05, 0.1) is 13.2 Å². The summed E-state index contributed by atoms with van der Waals surface area (Å²) in [6.45, 7) is 1.43. The molecule has 0 saturated carbocycles. The summed E-state index contributed by atoms with van der Waals surface area (Å²) in [5, 5.41) is 13.2. The monoisotopic (exact) mass is 285 g/mol. The average Bonchev–Trinajstić information content (AvgIpc) is 2.56. The fraction of sp³-hybridized carbons (Fsp3) is 0.333. The number of rotatable bonds is 8. The molecule has 0 aliphatic rings. The van der Waals surface area contributed by atoms with Crippen LogP contribution in [0.1, 0.15) is 17.0 Å². The van der Waals surface area contributed by atoms with E-state index in [0.29, 0.717) is 6.61 Å². The molecule has 0 saturated heterocycles. The predicted octanol–water partition coefficient (Wildman–Crippen LogP) is 2.42. The van der Waals surface area contributed by atoms with Crippen molar-refractivity contribution in [1.29, 1.82) is 0 Å². The molecule has 3 nitrogen and oxygen atoms in total. The lowest BCUT2D eigenvalue weighted by Crippen LogP contribution is -2.40. The van der Waals surface area contributed by atoms with Gasteiger partial charge in [0.2, 0.25) is 0 Å². The van der Waals surface area contributed by atoms with Gasteiger partial charge in [0.1, 0.15) is 0 Å². The molecule has 2 rings (SSSR count). The third-order valence-electron chi connectivity index (χ3n) is 3.63. The van der Waals surface area contributed by atoms with Crippen molar-refractivity contribution in [2.45, 2.75) is 12.0 Å². The van der Waals surface area contributed by atoms with Crippen LogP contribution in [0.3, 0.4) is 0 Å². The fourth-order valence-electron chi connectivity index (χ4n) is 2.61. The molecule has 0 heterocycles. The summed E-state index contributed by atoms with van der Waals surface area (Å²) in [5.41, 5.74) is 2.40. The zero-order valence-corrected chi connectivity index (χ0v) is 12.4. The molecular weight excluding hydrogens is 262 g/mol. The molecule has 0 aliphatic carbocycles. The van der Waals surface area contributed by atoms with E-state index in [9.17, 15) is 5.11 Å². The Bertz CT molecular complexity index is 462. The average molecular weight is 285 g/mol. The molecule has 0 aromatic heterocycles. The number of hydrogen-bond acceptors (Lipinski definition) is 3. The van der Waals surface area contributed by atoms with Crippen LogP contribution in [0, 0.1) is 0 Å². The molecule has 0 radical (unpaired) electrons. The highest BCUT2D eigenvalue weighted by molar-refractivity contribution is 5.34. The fourth-order valence-corrected chi connectivity index (χ4v) is 2.61. The van der Waals surface area contributed by atoms with Crippen LogP contribution in [0.25, 0.3) is 0 Å². The van der Waals surface area contributed by atoms with Crippen LogP contribution >= 0.6 is 0 Å². The van der Waals surface area contributed by atoms with Crippen LogP contribution in [-0.4, -0.2) is 38.0 Å². The normalized spacial score (nSPS) is 12.5. The van der Waals surface area contributed by atoms with Gasteiger partial charge in [-0.25, -0.2) is 0 Å². The van der Waals surface area contributed by atoms with Gasteiger partial charge < -0.3 is 15.2 Å². The highest BCUT2D eigenvalue weighted by atomic mass is 16.5. The number of ether oxygens (including phenoxy) is 1. The standard InChI is InChI=1S/C18H23NO2/c1-21-13-12-19-17(14-20)18(15-8-4-2-5-9-15)16-10-6-3-7-11-16/h2-11,17-20H,12-14H2,1H3. The molecule has 0 bridgehead atoms. The van der Waals surface area contributed by atoms with E-state index in [0.717, 1.165) is 6.54 Å². The van der Waals surface area contributed by atoms with E-state index in [1.54, 1.807) is 7.11 Å². The Morgan fingerprint density at radius 2 is 1.48 bits per heavy atom. The van der Waals surface area contributed by atoms with E-state index in [-0.39, 0.29) is 18.6 Å². The SMILES string of the molecule is COCCNC(CO)C(c1ccccc1)c1ccccc1. The summed E-state index contributed by atoms with van der Waals surface area (Å²) in [6, 6.07) is 20.6. The highest BCUT2D eigenvalue weighted by Crippen LogP contribution is 2.27. The molecule has 1 atom stereocenters. The number of benzene rings is 2. The van der Waals surface area contributed by atoms with Crippen molar-refractivity contribution in [3.63, 3.8) is 0 Å². The number of aliphatic hydroxyl groups excluding tert-OH is 1. The van der Waals surface area contributed by atoms with Gasteiger partial charge in [-0.3, -0.25) is 0 Å². The van der Waals surface area contributed by atoms with Crippen LogP contribution in [0.15, 0.2) is 60.7 Å². The molecule has 3 heteroatoms. The molecule has 0 aliphatic heterocycles. The van der Waals surface area contributed by atoms with Crippen molar-refractivity contribution in [3.8, 4) is 0 Å². The van der Waals surface area contributed by atoms with Gasteiger partial charge in [-0.15, -0.1) is 0 Å². The molecule has 0 fully saturated rings. The molecule has 2 aromatic carbocycles. The minimum Gasteiger partial charge on any atom is -0.395 e. The van der Waals surface area contributed by atoms with E-state index in [2.05, 4.69) is 29.6 Å². The minimum atomic E-state index is -0.0371. The first kappa shape index (κ1) is 15.7. The zero-order valence-electron chi connectivity index (χ0n) is 12.4. The van der Waals surface area contributed by atoms with E-state index in [4.69, 9.17) is 4.74 Å². The van der Waals surface area contributed by atoms with Gasteiger partial charge in [0.25, 0.3) is 0 Å². The Morgan fingerprint density at radius 1 is 0.952 bits per heavy atom. The summed E-state index contributed by atoms with van der Waals surface area (Å²) in [7, 11) is 1.68. The Morgan fingerprint density at radius 3 is 1.90 bits per heavy atom. The summed E-state index contributed by atoms with van der Waals surface area (Å²) >= 11 is 0. The number of aliphatic hydroxyl groups is 1. The van der Waals surface area contributed by atoms with Gasteiger partial charge >= 0.3 is 0 Å². The van der Waals surface area contributed by atoms with Gasteiger partial charge in [-0.05, 0) is 11.1 Å².